The molecule has 2 aromatic heterocycles. The first kappa shape index (κ1) is 6.09. The topological polar surface area (TPSA) is 65.9 Å². The molecular formula is C6H5N3O2. The van der Waals surface area contributed by atoms with Crippen molar-refractivity contribution in [2.24, 2.45) is 0 Å². The lowest BCUT2D eigenvalue weighted by molar-refractivity contribution is -0.782. The van der Waals surface area contributed by atoms with Crippen LogP contribution >= 0.6 is 0 Å². The van der Waals surface area contributed by atoms with Crippen molar-refractivity contribution < 1.29 is 9.53 Å². The zero-order valence-electron chi connectivity index (χ0n) is 5.81. The van der Waals surface area contributed by atoms with Crippen molar-refractivity contribution in [2.45, 2.75) is 6.92 Å². The molecule has 0 unspecified atom stereocenters. The second-order valence-corrected chi connectivity index (χ2v) is 2.23. The van der Waals surface area contributed by atoms with Gasteiger partial charge in [0.2, 0.25) is 5.52 Å². The van der Waals surface area contributed by atoms with Gasteiger partial charge >= 0.3 is 5.65 Å². The minimum Gasteiger partial charge on any atom is -0.359 e. The van der Waals surface area contributed by atoms with Gasteiger partial charge in [0, 0.05) is 11.8 Å². The van der Waals surface area contributed by atoms with Crippen LogP contribution in [0.15, 0.2) is 16.9 Å². The van der Waals surface area contributed by atoms with Crippen molar-refractivity contribution >= 4 is 11.2 Å². The van der Waals surface area contributed by atoms with Crippen LogP contribution in [-0.4, -0.2) is 10.1 Å². The zero-order chi connectivity index (χ0) is 7.84. The number of aryl methyl sites for hydroxylation is 1. The molecule has 0 saturated carbocycles. The molecule has 2 heterocycles. The van der Waals surface area contributed by atoms with Gasteiger partial charge in [0.1, 0.15) is 0 Å². The smallest absolute Gasteiger partial charge is 0.340 e. The number of hydrogen-bond donors (Lipinski definition) is 0. The summed E-state index contributed by atoms with van der Waals surface area (Å²) in [7, 11) is 0. The number of fused-ring (bicyclic) bond motifs is 1. The Balaban J connectivity index is 2.96. The fourth-order valence-corrected chi connectivity index (χ4v) is 0.945. The number of nitrogens with zero attached hydrogens (tertiary/aromatic N) is 3. The largest absolute Gasteiger partial charge is 0.359 e. The van der Waals surface area contributed by atoms with E-state index in [0.717, 1.165) is 5.56 Å². The van der Waals surface area contributed by atoms with E-state index in [4.69, 9.17) is 0 Å². The van der Waals surface area contributed by atoms with Crippen LogP contribution in [0, 0.1) is 12.1 Å². The van der Waals surface area contributed by atoms with Gasteiger partial charge in [-0.3, -0.25) is 4.63 Å². The molecule has 0 bridgehead atoms. The zero-order valence-corrected chi connectivity index (χ0v) is 5.81. The molecule has 56 valence electrons. The fourth-order valence-electron chi connectivity index (χ4n) is 0.945. The predicted molar refractivity (Wildman–Crippen MR) is 35.5 cm³/mol. The van der Waals surface area contributed by atoms with Crippen LogP contribution in [0.1, 0.15) is 5.56 Å². The van der Waals surface area contributed by atoms with Crippen LogP contribution in [0.25, 0.3) is 11.2 Å². The molecule has 0 N–H and O–H groups in total. The van der Waals surface area contributed by atoms with Crippen molar-refractivity contribution in [1.82, 2.24) is 10.1 Å². The maximum atomic E-state index is 10.8. The summed E-state index contributed by atoms with van der Waals surface area (Å²) in [6, 6.07) is 1.73. The highest BCUT2D eigenvalue weighted by molar-refractivity contribution is 5.68. The maximum Gasteiger partial charge on any atom is 0.340 e. The standard InChI is InChI=1S/C6H5N3O2/c1-4-2-3-7-6-5(4)9(10)11-8-6/h2-3H,1H3. The average molecular weight is 151 g/mol. The van der Waals surface area contributed by atoms with Crippen LogP contribution in [0.4, 0.5) is 0 Å². The average Bonchev–Trinajstić information content (AvgIpc) is 2.34. The third kappa shape index (κ3) is 0.739. The molecule has 2 rings (SSSR count). The Bertz CT molecular complexity index is 396. The van der Waals surface area contributed by atoms with Crippen LogP contribution < -0.4 is 4.90 Å². The van der Waals surface area contributed by atoms with Crippen LogP contribution in [-0.2, 0) is 0 Å². The van der Waals surface area contributed by atoms with Gasteiger partial charge in [0.15, 0.2) is 0 Å². The lowest BCUT2D eigenvalue weighted by Crippen LogP contribution is -2.23. The summed E-state index contributed by atoms with van der Waals surface area (Å²) in [5.41, 5.74) is 1.55. The molecule has 0 aliphatic carbocycles. The summed E-state index contributed by atoms with van der Waals surface area (Å²) in [4.78, 5) is 4.20. The van der Waals surface area contributed by atoms with Gasteiger partial charge < -0.3 is 5.21 Å². The summed E-state index contributed by atoms with van der Waals surface area (Å²) < 4.78 is 4.34. The molecule has 0 aromatic carbocycles. The Kier molecular flexibility index (Phi) is 1.06. The molecule has 0 spiro atoms. The lowest BCUT2D eigenvalue weighted by Gasteiger charge is -1.88. The quantitative estimate of drug-likeness (QED) is 0.503. The van der Waals surface area contributed by atoms with Gasteiger partial charge in [-0.2, -0.15) is 0 Å². The summed E-state index contributed by atoms with van der Waals surface area (Å²) in [6.45, 7) is 1.80. The number of hydrogen-bond acceptors (Lipinski definition) is 4. The Labute approximate surface area is 61.8 Å². The second kappa shape index (κ2) is 1.91. The van der Waals surface area contributed by atoms with E-state index in [1.165, 1.54) is 0 Å². The Morgan fingerprint density at radius 3 is 3.18 bits per heavy atom. The normalized spacial score (nSPS) is 10.6. The highest BCUT2D eigenvalue weighted by Gasteiger charge is 2.11. The number of aromatic nitrogens is 3. The molecule has 0 fully saturated rings. The third-order valence-electron chi connectivity index (χ3n) is 1.49. The molecule has 0 saturated heterocycles. The van der Waals surface area contributed by atoms with Gasteiger partial charge in [-0.15, -0.1) is 0 Å². The van der Waals surface area contributed by atoms with E-state index in [1.54, 1.807) is 19.2 Å². The maximum absolute atomic E-state index is 10.8. The van der Waals surface area contributed by atoms with Crippen LogP contribution in [0.3, 0.4) is 0 Å². The van der Waals surface area contributed by atoms with Crippen LogP contribution in [0.2, 0.25) is 0 Å². The summed E-state index contributed by atoms with van der Waals surface area (Å²) in [5.74, 6) is 0. The molecule has 5 nitrogen and oxygen atoms in total. The fraction of sp³-hybridized carbons (Fsp3) is 0.167. The predicted octanol–water partition coefficient (Wildman–Crippen LogP) is 0.165. The van der Waals surface area contributed by atoms with E-state index in [-0.39, 0.29) is 0 Å². The number of pyridine rings is 1. The minimum atomic E-state index is 0.347. The molecule has 0 amide bonds. The highest BCUT2D eigenvalue weighted by atomic mass is 16.8. The van der Waals surface area contributed by atoms with E-state index >= 15 is 0 Å². The molecule has 5 heteroatoms. The van der Waals surface area contributed by atoms with Gasteiger partial charge in [0.25, 0.3) is 0 Å². The van der Waals surface area contributed by atoms with Crippen molar-refractivity contribution in [3.8, 4) is 0 Å². The van der Waals surface area contributed by atoms with Gasteiger partial charge in [-0.25, -0.2) is 4.98 Å². The molecule has 2 aromatic rings. The molecule has 11 heavy (non-hydrogen) atoms. The number of rotatable bonds is 0. The highest BCUT2D eigenvalue weighted by Crippen LogP contribution is 2.07. The van der Waals surface area contributed by atoms with E-state index in [2.05, 4.69) is 14.8 Å². The molecule has 0 aliphatic heterocycles. The second-order valence-electron chi connectivity index (χ2n) is 2.23. The van der Waals surface area contributed by atoms with Gasteiger partial charge in [-0.1, -0.05) is 0 Å². The summed E-state index contributed by atoms with van der Waals surface area (Å²) in [6.07, 6.45) is 1.58. The van der Waals surface area contributed by atoms with E-state index in [0.29, 0.717) is 16.1 Å². The molecule has 0 aliphatic rings. The first-order valence-electron chi connectivity index (χ1n) is 3.10. The molecule has 0 radical (unpaired) electrons. The van der Waals surface area contributed by atoms with E-state index in [1.807, 2.05) is 0 Å². The van der Waals surface area contributed by atoms with Crippen molar-refractivity contribution in [2.75, 3.05) is 0 Å². The Hall–Kier alpha value is -1.65. The molecule has 0 atom stereocenters. The molecular weight excluding hydrogens is 146 g/mol. The Morgan fingerprint density at radius 2 is 2.45 bits per heavy atom. The SMILES string of the molecule is Cc1ccnc2no[n+]([O-])c12. The van der Waals surface area contributed by atoms with E-state index < -0.39 is 0 Å². The van der Waals surface area contributed by atoms with Gasteiger partial charge in [-0.05, 0) is 17.9 Å². The summed E-state index contributed by atoms with van der Waals surface area (Å²) in [5, 5.41) is 14.3. The lowest BCUT2D eigenvalue weighted by atomic mass is 10.3. The first-order valence-corrected chi connectivity index (χ1v) is 3.10. The third-order valence-corrected chi connectivity index (χ3v) is 1.49. The first-order chi connectivity index (χ1) is 5.29. The van der Waals surface area contributed by atoms with Gasteiger partial charge in [0.05, 0.1) is 5.16 Å². The summed E-state index contributed by atoms with van der Waals surface area (Å²) >= 11 is 0. The monoisotopic (exact) mass is 151 g/mol. The van der Waals surface area contributed by atoms with E-state index in [9.17, 15) is 5.21 Å². The Morgan fingerprint density at radius 1 is 1.64 bits per heavy atom. The van der Waals surface area contributed by atoms with Crippen molar-refractivity contribution in [3.63, 3.8) is 0 Å². The van der Waals surface area contributed by atoms with Crippen molar-refractivity contribution in [1.29, 1.82) is 0 Å². The van der Waals surface area contributed by atoms with Crippen molar-refractivity contribution in [3.05, 3.63) is 23.0 Å². The minimum absolute atomic E-state index is 0.347. The van der Waals surface area contributed by atoms with Crippen LogP contribution in [0.5, 0.6) is 0 Å².